The molecule has 1 aromatic rings. The Morgan fingerprint density at radius 2 is 2.48 bits per heavy atom. The number of hydrogen-bond acceptors (Lipinski definition) is 5. The van der Waals surface area contributed by atoms with Crippen molar-refractivity contribution in [3.63, 3.8) is 0 Å². The predicted octanol–water partition coefficient (Wildman–Crippen LogP) is 3.79. The Balaban J connectivity index is 1.77. The Bertz CT molecular complexity index is 457. The van der Waals surface area contributed by atoms with Crippen LogP contribution in [-0.2, 0) is 4.74 Å². The van der Waals surface area contributed by atoms with Crippen LogP contribution in [0, 0.1) is 12.8 Å². The van der Waals surface area contributed by atoms with Crippen LogP contribution in [-0.4, -0.2) is 35.2 Å². The van der Waals surface area contributed by atoms with Crippen molar-refractivity contribution in [3.8, 4) is 0 Å². The van der Waals surface area contributed by atoms with Gasteiger partial charge in [0.05, 0.1) is 16.8 Å². The highest BCUT2D eigenvalue weighted by atomic mass is 32.2. The Labute approximate surface area is 136 Å². The molecule has 1 aromatic heterocycles. The minimum Gasteiger partial charge on any atom is -0.374 e. The molecule has 0 aromatic carbocycles. The number of nitrogens with one attached hydrogen (secondary N) is 1. The van der Waals surface area contributed by atoms with Crippen molar-refractivity contribution in [3.05, 3.63) is 16.1 Å². The van der Waals surface area contributed by atoms with Gasteiger partial charge in [0.2, 0.25) is 0 Å². The third-order valence-corrected chi connectivity index (χ3v) is 6.99. The summed E-state index contributed by atoms with van der Waals surface area (Å²) in [4.78, 5) is 5.91. The molecule has 3 heterocycles. The second-order valence-corrected chi connectivity index (χ2v) is 8.31. The van der Waals surface area contributed by atoms with Gasteiger partial charge >= 0.3 is 0 Å². The summed E-state index contributed by atoms with van der Waals surface area (Å²) in [5.74, 6) is 3.13. The van der Waals surface area contributed by atoms with Crippen LogP contribution in [0.15, 0.2) is 5.51 Å². The maximum absolute atomic E-state index is 6.20. The molecule has 2 aliphatic heterocycles. The van der Waals surface area contributed by atoms with Crippen LogP contribution in [0.2, 0.25) is 0 Å². The normalized spacial score (nSPS) is 30.9. The van der Waals surface area contributed by atoms with Crippen molar-refractivity contribution in [1.82, 2.24) is 10.3 Å². The summed E-state index contributed by atoms with van der Waals surface area (Å²) >= 11 is 3.87. The number of ether oxygens (including phenoxy) is 1. The molecule has 2 fully saturated rings. The third kappa shape index (κ3) is 3.46. The van der Waals surface area contributed by atoms with E-state index in [-0.39, 0.29) is 5.60 Å². The largest absolute Gasteiger partial charge is 0.374 e. The summed E-state index contributed by atoms with van der Waals surface area (Å²) in [5, 5.41) is 3.80. The molecule has 0 amide bonds. The highest BCUT2D eigenvalue weighted by Crippen LogP contribution is 2.44. The number of aryl methyl sites for hydroxylation is 1. The Morgan fingerprint density at radius 3 is 3.14 bits per heavy atom. The van der Waals surface area contributed by atoms with E-state index < -0.39 is 0 Å². The molecular formula is C16H26N2OS2. The molecule has 3 unspecified atom stereocenters. The zero-order chi connectivity index (χ0) is 14.7. The lowest BCUT2D eigenvalue weighted by Crippen LogP contribution is -2.43. The van der Waals surface area contributed by atoms with Gasteiger partial charge in [-0.3, -0.25) is 0 Å². The minimum atomic E-state index is 0.165. The zero-order valence-electron chi connectivity index (χ0n) is 13.1. The smallest absolute Gasteiger partial charge is 0.0798 e. The fourth-order valence-corrected chi connectivity index (χ4v) is 5.94. The maximum Gasteiger partial charge on any atom is 0.0798 e. The van der Waals surface area contributed by atoms with Gasteiger partial charge in [0.25, 0.3) is 0 Å². The molecule has 2 saturated heterocycles. The van der Waals surface area contributed by atoms with Gasteiger partial charge < -0.3 is 10.1 Å². The van der Waals surface area contributed by atoms with Gasteiger partial charge in [-0.15, -0.1) is 11.3 Å². The van der Waals surface area contributed by atoms with Gasteiger partial charge in [-0.1, -0.05) is 6.92 Å². The van der Waals surface area contributed by atoms with Gasteiger partial charge in [0.1, 0.15) is 0 Å². The first-order valence-corrected chi connectivity index (χ1v) is 10.1. The Morgan fingerprint density at radius 1 is 1.57 bits per heavy atom. The molecule has 0 radical (unpaired) electrons. The summed E-state index contributed by atoms with van der Waals surface area (Å²) < 4.78 is 6.20. The molecule has 21 heavy (non-hydrogen) atoms. The minimum absolute atomic E-state index is 0.165. The summed E-state index contributed by atoms with van der Waals surface area (Å²) in [6.45, 7) is 6.39. The van der Waals surface area contributed by atoms with E-state index in [1.165, 1.54) is 47.8 Å². The number of thiazole rings is 1. The number of thioether (sulfide) groups is 1. The predicted molar refractivity (Wildman–Crippen MR) is 91.2 cm³/mol. The molecule has 1 spiro atoms. The van der Waals surface area contributed by atoms with E-state index in [2.05, 4.69) is 35.9 Å². The molecule has 2 aliphatic rings. The molecule has 1 N–H and O–H groups in total. The van der Waals surface area contributed by atoms with Crippen LogP contribution >= 0.6 is 23.1 Å². The van der Waals surface area contributed by atoms with Crippen molar-refractivity contribution in [2.75, 3.05) is 24.7 Å². The summed E-state index contributed by atoms with van der Waals surface area (Å²) in [5.41, 5.74) is 3.36. The van der Waals surface area contributed by atoms with E-state index in [4.69, 9.17) is 4.74 Å². The highest BCUT2D eigenvalue weighted by Gasteiger charge is 2.43. The molecular weight excluding hydrogens is 300 g/mol. The molecule has 3 atom stereocenters. The van der Waals surface area contributed by atoms with Crippen LogP contribution in [0.3, 0.4) is 0 Å². The lowest BCUT2D eigenvalue weighted by Gasteiger charge is -2.41. The fourth-order valence-electron chi connectivity index (χ4n) is 3.60. The van der Waals surface area contributed by atoms with E-state index in [0.29, 0.717) is 12.0 Å². The SMILES string of the molecule is CCCNC(c1scnc1C)C1CCOC2(CCSC2)C1. The average molecular weight is 327 g/mol. The number of rotatable bonds is 5. The van der Waals surface area contributed by atoms with Crippen molar-refractivity contribution < 1.29 is 4.74 Å². The van der Waals surface area contributed by atoms with Crippen molar-refractivity contribution in [2.45, 2.75) is 51.2 Å². The first-order valence-electron chi connectivity index (χ1n) is 8.09. The van der Waals surface area contributed by atoms with Crippen molar-refractivity contribution in [2.24, 2.45) is 5.92 Å². The van der Waals surface area contributed by atoms with Crippen LogP contribution in [0.4, 0.5) is 0 Å². The standard InChI is InChI=1S/C16H26N2OS2/c1-3-6-17-14(15-12(2)18-11-21-15)13-4-7-19-16(9-13)5-8-20-10-16/h11,13-14,17H,3-10H2,1-2H3. The van der Waals surface area contributed by atoms with Gasteiger partial charge in [0, 0.05) is 23.3 Å². The summed E-state index contributed by atoms with van der Waals surface area (Å²) in [7, 11) is 0. The zero-order valence-corrected chi connectivity index (χ0v) is 14.7. The topological polar surface area (TPSA) is 34.2 Å². The molecule has 5 heteroatoms. The quantitative estimate of drug-likeness (QED) is 0.892. The monoisotopic (exact) mass is 326 g/mol. The average Bonchev–Trinajstić information content (AvgIpc) is 3.10. The van der Waals surface area contributed by atoms with Crippen LogP contribution < -0.4 is 5.32 Å². The first-order chi connectivity index (χ1) is 10.2. The first kappa shape index (κ1) is 15.8. The second kappa shape index (κ2) is 6.99. The molecule has 0 bridgehead atoms. The number of aromatic nitrogens is 1. The fraction of sp³-hybridized carbons (Fsp3) is 0.812. The van der Waals surface area contributed by atoms with Gasteiger partial charge in [0.15, 0.2) is 0 Å². The Kier molecular flexibility index (Phi) is 5.25. The third-order valence-electron chi connectivity index (χ3n) is 4.75. The molecule has 3 rings (SSSR count). The van der Waals surface area contributed by atoms with Crippen LogP contribution in [0.25, 0.3) is 0 Å². The molecule has 0 saturated carbocycles. The van der Waals surface area contributed by atoms with E-state index in [9.17, 15) is 0 Å². The summed E-state index contributed by atoms with van der Waals surface area (Å²) in [6.07, 6.45) is 4.79. The van der Waals surface area contributed by atoms with E-state index in [1.807, 2.05) is 16.8 Å². The van der Waals surface area contributed by atoms with Crippen molar-refractivity contribution in [1.29, 1.82) is 0 Å². The Hall–Kier alpha value is -0.100. The number of hydrogen-bond donors (Lipinski definition) is 1. The molecule has 0 aliphatic carbocycles. The van der Waals surface area contributed by atoms with Crippen LogP contribution in [0.5, 0.6) is 0 Å². The van der Waals surface area contributed by atoms with Gasteiger partial charge in [-0.05, 0) is 50.8 Å². The lowest BCUT2D eigenvalue weighted by atomic mass is 9.80. The van der Waals surface area contributed by atoms with E-state index in [1.54, 1.807) is 0 Å². The van der Waals surface area contributed by atoms with E-state index >= 15 is 0 Å². The van der Waals surface area contributed by atoms with E-state index in [0.717, 1.165) is 13.2 Å². The van der Waals surface area contributed by atoms with Gasteiger partial charge in [-0.25, -0.2) is 4.98 Å². The summed E-state index contributed by atoms with van der Waals surface area (Å²) in [6, 6.07) is 0.462. The number of nitrogens with zero attached hydrogens (tertiary/aromatic N) is 1. The molecule has 118 valence electrons. The second-order valence-electron chi connectivity index (χ2n) is 6.32. The van der Waals surface area contributed by atoms with Gasteiger partial charge in [-0.2, -0.15) is 11.8 Å². The lowest BCUT2D eigenvalue weighted by molar-refractivity contribution is -0.0852. The highest BCUT2D eigenvalue weighted by molar-refractivity contribution is 7.99. The van der Waals surface area contributed by atoms with Crippen molar-refractivity contribution >= 4 is 23.1 Å². The maximum atomic E-state index is 6.20. The molecule has 3 nitrogen and oxygen atoms in total. The van der Waals surface area contributed by atoms with Crippen LogP contribution in [0.1, 0.15) is 49.2 Å².